The molecule has 0 spiro atoms. The van der Waals surface area contributed by atoms with E-state index in [0.717, 1.165) is 0 Å². The van der Waals surface area contributed by atoms with Crippen molar-refractivity contribution < 1.29 is 14.1 Å². The van der Waals surface area contributed by atoms with Crippen molar-refractivity contribution in [2.75, 3.05) is 0 Å². The molecular weight excluding hydrogens is 266 g/mol. The zero-order chi connectivity index (χ0) is 0. The second-order valence-electron chi connectivity index (χ2n) is 0. The standard InChI is InChI=1S/3FH.Po/h3*1H;. The fraction of sp³-hybridized carbons (Fsp3) is 0. The first-order valence-corrected chi connectivity index (χ1v) is 0. The summed E-state index contributed by atoms with van der Waals surface area (Å²) in [7, 11) is 0. The Hall–Kier alpha value is 0.686. The van der Waals surface area contributed by atoms with Crippen molar-refractivity contribution in [3.05, 3.63) is 0 Å². The topological polar surface area (TPSA) is 0 Å². The Balaban J connectivity index is 0. The second-order valence-corrected chi connectivity index (χ2v) is 0. The summed E-state index contributed by atoms with van der Waals surface area (Å²) in [6, 6.07) is 0. The molecule has 0 bridgehead atoms. The Kier molecular flexibility index (Phi) is 1910. The van der Waals surface area contributed by atoms with Gasteiger partial charge in [-0.15, -0.1) is 0 Å². The van der Waals surface area contributed by atoms with Gasteiger partial charge in [0.1, 0.15) is 0 Å². The van der Waals surface area contributed by atoms with Crippen molar-refractivity contribution in [2.45, 2.75) is 0 Å². The molecule has 0 rings (SSSR count). The molecule has 30 valence electrons. The maximum atomic E-state index is 0. The largest absolute Gasteiger partial charge is 0.269 e. The molecule has 0 aromatic heterocycles. The summed E-state index contributed by atoms with van der Waals surface area (Å²) >= 11 is 0. The third kappa shape index (κ3) is 16.2. The van der Waals surface area contributed by atoms with Crippen LogP contribution in [0.15, 0.2) is 0 Å². The van der Waals surface area contributed by atoms with Crippen molar-refractivity contribution in [3.63, 3.8) is 0 Å². The third-order valence-electron chi connectivity index (χ3n) is 0. The molecule has 0 aliphatic carbocycles. The van der Waals surface area contributed by atoms with Gasteiger partial charge in [0.15, 0.2) is 0 Å². The summed E-state index contributed by atoms with van der Waals surface area (Å²) in [5.74, 6) is 0. The molecule has 4 heavy (non-hydrogen) atoms. The average Bonchev–Trinajstić information content (AvgIpc) is 0. The molecular formula is H3F3Po. The summed E-state index contributed by atoms with van der Waals surface area (Å²) in [4.78, 5) is 0. The summed E-state index contributed by atoms with van der Waals surface area (Å²) in [6.07, 6.45) is 0. The van der Waals surface area contributed by atoms with Gasteiger partial charge in [-0.25, -0.2) is 0 Å². The quantitative estimate of drug-likeness (QED) is 0.584. The van der Waals surface area contributed by atoms with Crippen LogP contribution >= 0.6 is 0 Å². The van der Waals surface area contributed by atoms with Crippen LogP contribution in [0.4, 0.5) is 14.1 Å². The number of rotatable bonds is 0. The van der Waals surface area contributed by atoms with E-state index in [-0.39, 0.29) is 40.7 Å². The van der Waals surface area contributed by atoms with Crippen molar-refractivity contribution in [2.24, 2.45) is 0 Å². The van der Waals surface area contributed by atoms with E-state index in [1.165, 1.54) is 0 Å². The Labute approximate surface area is 41.1 Å². The molecule has 0 atom stereocenters. The normalized spacial score (nSPS) is 0. The fourth-order valence-corrected chi connectivity index (χ4v) is 0. The van der Waals surface area contributed by atoms with Crippen molar-refractivity contribution in [1.82, 2.24) is 0 Å². The van der Waals surface area contributed by atoms with Crippen LogP contribution in [0.2, 0.25) is 0 Å². The van der Waals surface area contributed by atoms with Gasteiger partial charge in [-0.1, -0.05) is 0 Å². The maximum absolute atomic E-state index is 0. The van der Waals surface area contributed by atoms with Crippen LogP contribution in [0.5, 0.6) is 0 Å². The molecule has 0 aromatic rings. The van der Waals surface area contributed by atoms with Crippen molar-refractivity contribution in [1.29, 1.82) is 0 Å². The van der Waals surface area contributed by atoms with Crippen LogP contribution < -0.4 is 0 Å². The molecule has 0 aromatic carbocycles. The van der Waals surface area contributed by atoms with Crippen molar-refractivity contribution >= 4 is 26.6 Å². The molecule has 0 amide bonds. The van der Waals surface area contributed by atoms with Gasteiger partial charge in [-0.2, -0.15) is 0 Å². The molecule has 2 radical (unpaired) electrons. The minimum absolute atomic E-state index is 0. The minimum Gasteiger partial charge on any atom is -0.269 e. The molecule has 0 fully saturated rings. The SMILES string of the molecule is F.F.F.[Po]. The predicted molar refractivity (Wildman–Crippen MR) is 13.3 cm³/mol. The summed E-state index contributed by atoms with van der Waals surface area (Å²) in [6.45, 7) is 0. The Morgan fingerprint density at radius 2 is 0.500 bits per heavy atom. The van der Waals surface area contributed by atoms with E-state index in [9.17, 15) is 0 Å². The van der Waals surface area contributed by atoms with E-state index in [2.05, 4.69) is 0 Å². The average molecular weight is 269 g/mol. The van der Waals surface area contributed by atoms with E-state index in [1.807, 2.05) is 0 Å². The molecule has 0 saturated carbocycles. The van der Waals surface area contributed by atoms with Crippen LogP contribution in [0.1, 0.15) is 0 Å². The first-order valence-electron chi connectivity index (χ1n) is 0. The van der Waals surface area contributed by atoms with Crippen LogP contribution in [0.3, 0.4) is 0 Å². The van der Waals surface area contributed by atoms with E-state index in [0.29, 0.717) is 0 Å². The molecule has 0 nitrogen and oxygen atoms in total. The van der Waals surface area contributed by atoms with Crippen LogP contribution in [-0.2, 0) is 0 Å². The molecule has 0 saturated heterocycles. The van der Waals surface area contributed by atoms with Crippen LogP contribution in [-0.4, -0.2) is 26.6 Å². The maximum Gasteiger partial charge on any atom is 0 e. The third-order valence-corrected chi connectivity index (χ3v) is 0. The van der Waals surface area contributed by atoms with E-state index in [4.69, 9.17) is 0 Å². The predicted octanol–water partition coefficient (Wildman–Crippen LogP) is 0.0767. The summed E-state index contributed by atoms with van der Waals surface area (Å²) < 4.78 is 0. The Morgan fingerprint density at radius 1 is 0.500 bits per heavy atom. The first kappa shape index (κ1) is 135. The zero-order valence-electron chi connectivity index (χ0n) is 1.63. The second kappa shape index (κ2) is 56.5. The van der Waals surface area contributed by atoms with Gasteiger partial charge in [0, 0.05) is 26.6 Å². The summed E-state index contributed by atoms with van der Waals surface area (Å²) in [5, 5.41) is 0. The summed E-state index contributed by atoms with van der Waals surface area (Å²) in [5.41, 5.74) is 0. The van der Waals surface area contributed by atoms with Gasteiger partial charge in [0.05, 0.1) is 0 Å². The van der Waals surface area contributed by atoms with Gasteiger partial charge < -0.3 is 0 Å². The molecule has 0 aliphatic rings. The number of hydrogen-bond donors (Lipinski definition) is 0. The minimum atomic E-state index is 0. The molecule has 0 heterocycles. The molecule has 4 heteroatoms. The van der Waals surface area contributed by atoms with Gasteiger partial charge in [-0.3, -0.25) is 14.1 Å². The smallest absolute Gasteiger partial charge is 0 e. The van der Waals surface area contributed by atoms with E-state index < -0.39 is 0 Å². The van der Waals surface area contributed by atoms with E-state index >= 15 is 0 Å². The van der Waals surface area contributed by atoms with Gasteiger partial charge in [-0.05, 0) is 0 Å². The molecule has 0 aliphatic heterocycles. The van der Waals surface area contributed by atoms with Gasteiger partial charge in [0.25, 0.3) is 0 Å². The zero-order valence-corrected chi connectivity index (χ0v) is 4.81. The van der Waals surface area contributed by atoms with Gasteiger partial charge >= 0.3 is 0 Å². The first-order chi connectivity index (χ1) is 0. The number of halogens is 3. The molecule has 0 N–H and O–H groups in total. The van der Waals surface area contributed by atoms with Crippen LogP contribution in [0.25, 0.3) is 0 Å². The fourth-order valence-electron chi connectivity index (χ4n) is 0. The Morgan fingerprint density at radius 3 is 0.500 bits per heavy atom. The van der Waals surface area contributed by atoms with Crippen molar-refractivity contribution in [3.8, 4) is 0 Å². The molecule has 0 unspecified atom stereocenters. The number of hydrogen-bond acceptors (Lipinski definition) is 0. The van der Waals surface area contributed by atoms with Gasteiger partial charge in [0.2, 0.25) is 0 Å². The van der Waals surface area contributed by atoms with E-state index in [1.54, 1.807) is 0 Å². The van der Waals surface area contributed by atoms with Crippen LogP contribution in [0, 0.1) is 0 Å². The Bertz CT molecular complexity index is 3.25. The monoisotopic (exact) mass is 269 g/mol.